The molecule has 1 saturated heterocycles. The van der Waals surface area contributed by atoms with E-state index in [9.17, 15) is 4.39 Å². The minimum Gasteiger partial charge on any atom is -0.348 e. The molecule has 1 atom stereocenters. The van der Waals surface area contributed by atoms with Gasteiger partial charge in [0.1, 0.15) is 5.82 Å². The van der Waals surface area contributed by atoms with Crippen LogP contribution in [0.3, 0.4) is 0 Å². The van der Waals surface area contributed by atoms with Crippen LogP contribution >= 0.6 is 0 Å². The lowest BCUT2D eigenvalue weighted by Gasteiger charge is -2.39. The van der Waals surface area contributed by atoms with Gasteiger partial charge in [0.25, 0.3) is 0 Å². The highest BCUT2D eigenvalue weighted by molar-refractivity contribution is 5.17. The normalized spacial score (nSPS) is 28.4. The van der Waals surface area contributed by atoms with E-state index in [2.05, 4.69) is 13.8 Å². The van der Waals surface area contributed by atoms with E-state index in [0.29, 0.717) is 11.8 Å². The summed E-state index contributed by atoms with van der Waals surface area (Å²) in [6.07, 6.45) is 16.6. The van der Waals surface area contributed by atoms with Crippen LogP contribution in [0.25, 0.3) is 0 Å². The third kappa shape index (κ3) is 7.34. The van der Waals surface area contributed by atoms with Crippen molar-refractivity contribution < 1.29 is 13.9 Å². The number of hydrogen-bond acceptors (Lipinski definition) is 2. The topological polar surface area (TPSA) is 18.5 Å². The van der Waals surface area contributed by atoms with E-state index in [-0.39, 0.29) is 12.1 Å². The van der Waals surface area contributed by atoms with Crippen molar-refractivity contribution in [1.82, 2.24) is 0 Å². The van der Waals surface area contributed by atoms with Crippen LogP contribution in [0.4, 0.5) is 4.39 Å². The standard InChI is InChI=1S/C27H43FO2/c1-3-4-5-6-7-8-9-10-22-11-13-23(14-12-22)21(2)25-19-29-27(30-20-25)24-15-17-26(28)18-16-24/h15-18,21-23,25,27H,3-14,19-20H2,1-2H3. The summed E-state index contributed by atoms with van der Waals surface area (Å²) in [5.41, 5.74) is 0.911. The lowest BCUT2D eigenvalue weighted by molar-refractivity contribution is -0.215. The number of halogens is 1. The van der Waals surface area contributed by atoms with Crippen molar-refractivity contribution in [3.8, 4) is 0 Å². The maximum absolute atomic E-state index is 13.1. The Morgan fingerprint density at radius 1 is 0.833 bits per heavy atom. The predicted molar refractivity (Wildman–Crippen MR) is 122 cm³/mol. The first-order valence-corrected chi connectivity index (χ1v) is 12.7. The first-order chi connectivity index (χ1) is 14.7. The lowest BCUT2D eigenvalue weighted by Crippen LogP contribution is -2.35. The van der Waals surface area contributed by atoms with E-state index in [1.165, 1.54) is 89.2 Å². The van der Waals surface area contributed by atoms with Crippen LogP contribution < -0.4 is 0 Å². The molecular weight excluding hydrogens is 375 g/mol. The van der Waals surface area contributed by atoms with Crippen LogP contribution in [0.2, 0.25) is 0 Å². The largest absolute Gasteiger partial charge is 0.348 e. The summed E-state index contributed by atoms with van der Waals surface area (Å²) in [6, 6.07) is 6.47. The average Bonchev–Trinajstić information content (AvgIpc) is 2.79. The molecule has 0 N–H and O–H groups in total. The van der Waals surface area contributed by atoms with Gasteiger partial charge in [0.15, 0.2) is 6.29 Å². The van der Waals surface area contributed by atoms with Gasteiger partial charge in [-0.05, 0) is 42.7 Å². The second-order valence-electron chi connectivity index (χ2n) is 9.86. The highest BCUT2D eigenvalue weighted by Gasteiger charge is 2.33. The van der Waals surface area contributed by atoms with E-state index in [0.717, 1.165) is 30.6 Å². The van der Waals surface area contributed by atoms with Gasteiger partial charge in [-0.1, -0.05) is 90.2 Å². The van der Waals surface area contributed by atoms with Crippen molar-refractivity contribution in [2.45, 2.75) is 97.2 Å². The summed E-state index contributed by atoms with van der Waals surface area (Å²) in [5.74, 6) is 2.69. The Labute approximate surface area is 183 Å². The average molecular weight is 419 g/mol. The third-order valence-electron chi connectivity index (χ3n) is 7.66. The van der Waals surface area contributed by atoms with E-state index in [4.69, 9.17) is 9.47 Å². The zero-order valence-electron chi connectivity index (χ0n) is 19.3. The molecule has 2 nitrogen and oxygen atoms in total. The molecule has 1 aliphatic carbocycles. The summed E-state index contributed by atoms with van der Waals surface area (Å²) < 4.78 is 25.1. The Balaban J connectivity index is 1.30. The monoisotopic (exact) mass is 418 g/mol. The van der Waals surface area contributed by atoms with Gasteiger partial charge in [0.05, 0.1) is 13.2 Å². The smallest absolute Gasteiger partial charge is 0.183 e. The fraction of sp³-hybridized carbons (Fsp3) is 0.778. The van der Waals surface area contributed by atoms with Gasteiger partial charge in [-0.25, -0.2) is 4.39 Å². The van der Waals surface area contributed by atoms with Gasteiger partial charge in [-0.15, -0.1) is 0 Å². The summed E-state index contributed by atoms with van der Waals surface area (Å²) in [6.45, 7) is 6.19. The number of benzene rings is 1. The maximum atomic E-state index is 13.1. The molecule has 0 amide bonds. The van der Waals surface area contributed by atoms with Crippen molar-refractivity contribution in [2.24, 2.45) is 23.7 Å². The van der Waals surface area contributed by atoms with Gasteiger partial charge in [0, 0.05) is 11.5 Å². The molecule has 3 rings (SSSR count). The Kier molecular flexibility index (Phi) is 10.1. The van der Waals surface area contributed by atoms with Gasteiger partial charge >= 0.3 is 0 Å². The zero-order chi connectivity index (χ0) is 21.2. The molecule has 0 bridgehead atoms. The second kappa shape index (κ2) is 12.8. The zero-order valence-corrected chi connectivity index (χ0v) is 19.3. The van der Waals surface area contributed by atoms with Crippen molar-refractivity contribution >= 4 is 0 Å². The molecule has 1 saturated carbocycles. The van der Waals surface area contributed by atoms with E-state index >= 15 is 0 Å². The van der Waals surface area contributed by atoms with Crippen LogP contribution in [0.5, 0.6) is 0 Å². The fourth-order valence-corrected chi connectivity index (χ4v) is 5.41. The first kappa shape index (κ1) is 23.7. The molecule has 1 aromatic carbocycles. The Morgan fingerprint density at radius 3 is 2.07 bits per heavy atom. The van der Waals surface area contributed by atoms with Crippen LogP contribution in [-0.4, -0.2) is 13.2 Å². The third-order valence-corrected chi connectivity index (χ3v) is 7.66. The Hall–Kier alpha value is -0.930. The molecule has 1 heterocycles. The molecule has 2 fully saturated rings. The van der Waals surface area contributed by atoms with Crippen molar-refractivity contribution in [1.29, 1.82) is 0 Å². The van der Waals surface area contributed by atoms with Crippen LogP contribution in [0.15, 0.2) is 24.3 Å². The molecule has 1 aliphatic heterocycles. The number of hydrogen-bond donors (Lipinski definition) is 0. The number of ether oxygens (including phenoxy) is 2. The summed E-state index contributed by atoms with van der Waals surface area (Å²) in [5, 5.41) is 0. The molecule has 170 valence electrons. The van der Waals surface area contributed by atoms with E-state index in [1.54, 1.807) is 12.1 Å². The van der Waals surface area contributed by atoms with Crippen LogP contribution in [0, 0.1) is 29.5 Å². The molecule has 30 heavy (non-hydrogen) atoms. The molecule has 0 radical (unpaired) electrons. The van der Waals surface area contributed by atoms with E-state index < -0.39 is 0 Å². The molecule has 1 unspecified atom stereocenters. The minimum atomic E-state index is -0.341. The summed E-state index contributed by atoms with van der Waals surface area (Å²) in [7, 11) is 0. The first-order valence-electron chi connectivity index (χ1n) is 12.7. The summed E-state index contributed by atoms with van der Waals surface area (Å²) >= 11 is 0. The molecule has 1 aromatic rings. The van der Waals surface area contributed by atoms with Gasteiger partial charge in [-0.3, -0.25) is 0 Å². The Morgan fingerprint density at radius 2 is 1.43 bits per heavy atom. The minimum absolute atomic E-state index is 0.219. The number of unbranched alkanes of at least 4 members (excludes halogenated alkanes) is 6. The maximum Gasteiger partial charge on any atom is 0.183 e. The quantitative estimate of drug-likeness (QED) is 0.338. The van der Waals surface area contributed by atoms with Gasteiger partial charge in [-0.2, -0.15) is 0 Å². The molecule has 2 aliphatic rings. The van der Waals surface area contributed by atoms with Crippen molar-refractivity contribution in [3.05, 3.63) is 35.6 Å². The van der Waals surface area contributed by atoms with Crippen molar-refractivity contribution in [2.75, 3.05) is 13.2 Å². The van der Waals surface area contributed by atoms with Crippen molar-refractivity contribution in [3.63, 3.8) is 0 Å². The number of rotatable bonds is 11. The van der Waals surface area contributed by atoms with Gasteiger partial charge < -0.3 is 9.47 Å². The highest BCUT2D eigenvalue weighted by atomic mass is 19.1. The molecule has 0 aromatic heterocycles. The summed E-state index contributed by atoms with van der Waals surface area (Å²) in [4.78, 5) is 0. The van der Waals surface area contributed by atoms with Crippen LogP contribution in [-0.2, 0) is 9.47 Å². The van der Waals surface area contributed by atoms with E-state index in [1.807, 2.05) is 0 Å². The second-order valence-corrected chi connectivity index (χ2v) is 9.86. The predicted octanol–water partition coefficient (Wildman–Crippen LogP) is 8.07. The SMILES string of the molecule is CCCCCCCCCC1CCC(C(C)C2COC(c3ccc(F)cc3)OC2)CC1. The van der Waals surface area contributed by atoms with Gasteiger partial charge in [0.2, 0.25) is 0 Å². The molecule has 3 heteroatoms. The fourth-order valence-electron chi connectivity index (χ4n) is 5.41. The molecular formula is C27H43FO2. The van der Waals surface area contributed by atoms with Crippen LogP contribution in [0.1, 0.15) is 103 Å². The highest BCUT2D eigenvalue weighted by Crippen LogP contribution is 2.40. The lowest BCUT2D eigenvalue weighted by atomic mass is 9.71. The Bertz CT molecular complexity index is 571. The molecule has 0 spiro atoms.